The second kappa shape index (κ2) is 8.16. The Hall–Kier alpha value is -2.78. The first-order chi connectivity index (χ1) is 14.4. The molecule has 0 aliphatic carbocycles. The lowest BCUT2D eigenvalue weighted by molar-refractivity contribution is 0.122. The highest BCUT2D eigenvalue weighted by molar-refractivity contribution is 7.90. The summed E-state index contributed by atoms with van der Waals surface area (Å²) >= 11 is 0. The summed E-state index contributed by atoms with van der Waals surface area (Å²) in [7, 11) is -1.89. The summed E-state index contributed by atoms with van der Waals surface area (Å²) in [5.74, 6) is 1.22. The van der Waals surface area contributed by atoms with Gasteiger partial charge in [0.05, 0.1) is 19.0 Å². The molecular weight excluding hydrogens is 402 g/mol. The SMILES string of the molecule is C=Cc1ccc(CS(=O)(=O)c2nc(N3CCOCC3)c3nc(CC)n(C)c3n2)cc1. The van der Waals surface area contributed by atoms with Crippen LogP contribution in [0.3, 0.4) is 0 Å². The van der Waals surface area contributed by atoms with Gasteiger partial charge in [-0.2, -0.15) is 9.97 Å². The second-order valence-electron chi connectivity index (χ2n) is 7.25. The maximum atomic E-state index is 13.2. The predicted octanol–water partition coefficient (Wildman–Crippen LogP) is 2.38. The van der Waals surface area contributed by atoms with Gasteiger partial charge in [-0.3, -0.25) is 0 Å². The molecule has 30 heavy (non-hydrogen) atoms. The fraction of sp³-hybridized carbons (Fsp3) is 0.381. The lowest BCUT2D eigenvalue weighted by Gasteiger charge is -2.28. The minimum absolute atomic E-state index is 0.170. The van der Waals surface area contributed by atoms with E-state index in [1.165, 1.54) is 0 Å². The van der Waals surface area contributed by atoms with Crippen LogP contribution >= 0.6 is 0 Å². The second-order valence-corrected chi connectivity index (χ2v) is 9.13. The van der Waals surface area contributed by atoms with Crippen molar-refractivity contribution in [2.75, 3.05) is 31.2 Å². The van der Waals surface area contributed by atoms with Gasteiger partial charge in [0.2, 0.25) is 9.84 Å². The van der Waals surface area contributed by atoms with Crippen LogP contribution in [0.4, 0.5) is 5.82 Å². The summed E-state index contributed by atoms with van der Waals surface area (Å²) in [6.45, 7) is 8.13. The average molecular weight is 428 g/mol. The number of aryl methyl sites for hydroxylation is 2. The number of fused-ring (bicyclic) bond motifs is 1. The fourth-order valence-electron chi connectivity index (χ4n) is 3.56. The van der Waals surface area contributed by atoms with Crippen LogP contribution in [-0.4, -0.2) is 54.2 Å². The molecule has 158 valence electrons. The van der Waals surface area contributed by atoms with Crippen LogP contribution < -0.4 is 4.90 Å². The molecule has 0 N–H and O–H groups in total. The number of benzene rings is 1. The van der Waals surface area contributed by atoms with Crippen LogP contribution in [0.15, 0.2) is 36.0 Å². The zero-order valence-electron chi connectivity index (χ0n) is 17.2. The molecule has 1 fully saturated rings. The molecule has 1 aliphatic heterocycles. The number of anilines is 1. The number of nitrogens with zero attached hydrogens (tertiary/aromatic N) is 5. The minimum atomic E-state index is -3.75. The molecule has 0 spiro atoms. The lowest BCUT2D eigenvalue weighted by Crippen LogP contribution is -2.37. The third kappa shape index (κ3) is 3.82. The van der Waals surface area contributed by atoms with Crippen molar-refractivity contribution < 1.29 is 13.2 Å². The fourth-order valence-corrected chi connectivity index (χ4v) is 4.77. The van der Waals surface area contributed by atoms with Gasteiger partial charge in [-0.05, 0) is 11.1 Å². The molecule has 8 nitrogen and oxygen atoms in total. The number of hydrogen-bond acceptors (Lipinski definition) is 7. The molecule has 2 aromatic heterocycles. The summed E-state index contributed by atoms with van der Waals surface area (Å²) in [6.07, 6.45) is 2.44. The number of sulfone groups is 1. The van der Waals surface area contributed by atoms with Crippen molar-refractivity contribution in [3.8, 4) is 0 Å². The summed E-state index contributed by atoms with van der Waals surface area (Å²) in [4.78, 5) is 15.6. The van der Waals surface area contributed by atoms with E-state index in [9.17, 15) is 8.42 Å². The van der Waals surface area contributed by atoms with Gasteiger partial charge in [0.1, 0.15) is 5.82 Å². The molecule has 9 heteroatoms. The Morgan fingerprint density at radius 1 is 1.13 bits per heavy atom. The molecule has 1 aliphatic rings. The third-order valence-corrected chi connectivity index (χ3v) is 6.70. The number of hydrogen-bond donors (Lipinski definition) is 0. The molecule has 4 rings (SSSR count). The highest BCUT2D eigenvalue weighted by Crippen LogP contribution is 2.27. The Labute approximate surface area is 176 Å². The number of rotatable bonds is 6. The highest BCUT2D eigenvalue weighted by atomic mass is 32.2. The maximum absolute atomic E-state index is 13.2. The van der Waals surface area contributed by atoms with E-state index >= 15 is 0 Å². The number of imidazole rings is 1. The largest absolute Gasteiger partial charge is 0.378 e. The van der Waals surface area contributed by atoms with E-state index in [4.69, 9.17) is 4.74 Å². The van der Waals surface area contributed by atoms with Crippen molar-refractivity contribution in [1.29, 1.82) is 0 Å². The maximum Gasteiger partial charge on any atom is 0.251 e. The number of ether oxygens (including phenoxy) is 1. The van der Waals surface area contributed by atoms with Crippen molar-refractivity contribution in [2.24, 2.45) is 7.05 Å². The Morgan fingerprint density at radius 3 is 2.47 bits per heavy atom. The van der Waals surface area contributed by atoms with E-state index in [1.54, 1.807) is 18.2 Å². The van der Waals surface area contributed by atoms with Gasteiger partial charge in [-0.25, -0.2) is 13.4 Å². The standard InChI is InChI=1S/C21H25N5O3S/c1-4-15-6-8-16(9-7-15)14-30(27,28)21-23-19-18(22-17(5-2)25(19)3)20(24-21)26-10-12-29-13-11-26/h4,6-9H,1,5,10-14H2,2-3H3. The van der Waals surface area contributed by atoms with Crippen LogP contribution in [0.2, 0.25) is 0 Å². The van der Waals surface area contributed by atoms with Gasteiger partial charge in [-0.1, -0.05) is 43.8 Å². The molecule has 1 saturated heterocycles. The van der Waals surface area contributed by atoms with Crippen molar-refractivity contribution in [3.05, 3.63) is 47.8 Å². The van der Waals surface area contributed by atoms with E-state index in [0.29, 0.717) is 55.3 Å². The van der Waals surface area contributed by atoms with Crippen LogP contribution in [-0.2, 0) is 33.8 Å². The quantitative estimate of drug-likeness (QED) is 0.558. The number of aromatic nitrogens is 4. The van der Waals surface area contributed by atoms with Crippen LogP contribution in [0.1, 0.15) is 23.9 Å². The average Bonchev–Trinajstić information content (AvgIpc) is 3.10. The Morgan fingerprint density at radius 2 is 1.83 bits per heavy atom. The molecule has 0 unspecified atom stereocenters. The molecule has 0 saturated carbocycles. The molecule has 0 bridgehead atoms. The van der Waals surface area contributed by atoms with E-state index in [-0.39, 0.29) is 10.9 Å². The smallest absolute Gasteiger partial charge is 0.251 e. The highest BCUT2D eigenvalue weighted by Gasteiger charge is 2.27. The molecule has 0 atom stereocenters. The van der Waals surface area contributed by atoms with Crippen molar-refractivity contribution in [3.63, 3.8) is 0 Å². The van der Waals surface area contributed by atoms with Crippen LogP contribution in [0.25, 0.3) is 17.2 Å². The summed E-state index contributed by atoms with van der Waals surface area (Å²) in [5.41, 5.74) is 2.77. The molecule has 0 amide bonds. The lowest BCUT2D eigenvalue weighted by atomic mass is 10.1. The molecule has 3 heterocycles. The summed E-state index contributed by atoms with van der Waals surface area (Å²) in [6, 6.07) is 7.26. The molecular formula is C21H25N5O3S. The Kier molecular flexibility index (Phi) is 5.57. The minimum Gasteiger partial charge on any atom is -0.378 e. The van der Waals surface area contributed by atoms with Crippen LogP contribution in [0, 0.1) is 0 Å². The van der Waals surface area contributed by atoms with Crippen molar-refractivity contribution in [2.45, 2.75) is 24.3 Å². The summed E-state index contributed by atoms with van der Waals surface area (Å²) in [5, 5.41) is -0.171. The van der Waals surface area contributed by atoms with Gasteiger partial charge < -0.3 is 14.2 Å². The Bertz CT molecular complexity index is 1180. The monoisotopic (exact) mass is 427 g/mol. The first-order valence-corrected chi connectivity index (χ1v) is 11.6. The van der Waals surface area contributed by atoms with Crippen molar-refractivity contribution in [1.82, 2.24) is 19.5 Å². The number of morpholine rings is 1. The van der Waals surface area contributed by atoms with Crippen molar-refractivity contribution >= 4 is 32.9 Å². The van der Waals surface area contributed by atoms with Gasteiger partial charge in [0.15, 0.2) is 17.0 Å². The van der Waals surface area contributed by atoms with E-state index in [0.717, 1.165) is 11.4 Å². The molecule has 1 aromatic carbocycles. The van der Waals surface area contributed by atoms with Gasteiger partial charge in [-0.15, -0.1) is 0 Å². The normalized spacial score (nSPS) is 14.9. The van der Waals surface area contributed by atoms with E-state index in [2.05, 4.69) is 21.5 Å². The van der Waals surface area contributed by atoms with E-state index < -0.39 is 9.84 Å². The summed E-state index contributed by atoms with van der Waals surface area (Å²) < 4.78 is 33.7. The predicted molar refractivity (Wildman–Crippen MR) is 116 cm³/mol. The van der Waals surface area contributed by atoms with Gasteiger partial charge in [0, 0.05) is 26.6 Å². The molecule has 0 radical (unpaired) electrons. The topological polar surface area (TPSA) is 90.2 Å². The zero-order valence-corrected chi connectivity index (χ0v) is 18.0. The van der Waals surface area contributed by atoms with Crippen LogP contribution in [0.5, 0.6) is 0 Å². The first-order valence-electron chi connectivity index (χ1n) is 9.93. The third-order valence-electron chi connectivity index (χ3n) is 5.25. The molecule has 3 aromatic rings. The zero-order chi connectivity index (χ0) is 21.3. The Balaban J connectivity index is 1.80. The van der Waals surface area contributed by atoms with Gasteiger partial charge in [0.25, 0.3) is 5.16 Å². The first kappa shape index (κ1) is 20.5. The van der Waals surface area contributed by atoms with Gasteiger partial charge >= 0.3 is 0 Å². The van der Waals surface area contributed by atoms with E-state index in [1.807, 2.05) is 35.6 Å².